The monoisotopic (exact) mass is 534 g/mol. The Labute approximate surface area is 222 Å². The Morgan fingerprint density at radius 2 is 1.62 bits per heavy atom. The van der Waals surface area contributed by atoms with Crippen LogP contribution in [0.15, 0.2) is 82.8 Å². The second kappa shape index (κ2) is 11.3. The number of aryl methyl sites for hydroxylation is 3. The molecule has 0 saturated carbocycles. The second-order valence-corrected chi connectivity index (χ2v) is 12.1. The first-order chi connectivity index (χ1) is 17.7. The molecule has 0 saturated heterocycles. The van der Waals surface area contributed by atoms with Gasteiger partial charge in [0.2, 0.25) is 5.91 Å². The molecular formula is C28H30N4O3S2. The van der Waals surface area contributed by atoms with Crippen LogP contribution in [0, 0.1) is 20.8 Å². The van der Waals surface area contributed by atoms with Gasteiger partial charge in [-0.3, -0.25) is 9.36 Å². The van der Waals surface area contributed by atoms with Gasteiger partial charge in [0.15, 0.2) is 20.8 Å². The highest BCUT2D eigenvalue weighted by Crippen LogP contribution is 2.30. The zero-order valence-electron chi connectivity index (χ0n) is 21.3. The van der Waals surface area contributed by atoms with Crippen LogP contribution in [0.25, 0.3) is 5.69 Å². The Kier molecular flexibility index (Phi) is 8.14. The van der Waals surface area contributed by atoms with Gasteiger partial charge in [-0.25, -0.2) is 8.42 Å². The van der Waals surface area contributed by atoms with E-state index in [-0.39, 0.29) is 16.6 Å². The number of para-hydroxylation sites is 1. The molecule has 9 heteroatoms. The summed E-state index contributed by atoms with van der Waals surface area (Å²) in [6, 6.07) is 22.0. The number of hydrogen-bond donors (Lipinski definition) is 1. The van der Waals surface area contributed by atoms with E-state index in [1.807, 2.05) is 76.2 Å². The first kappa shape index (κ1) is 26.6. The Morgan fingerprint density at radius 3 is 2.30 bits per heavy atom. The van der Waals surface area contributed by atoms with Gasteiger partial charge in [0.05, 0.1) is 10.1 Å². The number of carbonyl (C=O) groups is 1. The van der Waals surface area contributed by atoms with Crippen LogP contribution in [0.3, 0.4) is 0 Å². The number of thioether (sulfide) groups is 1. The maximum absolute atomic E-state index is 13.2. The first-order valence-corrected chi connectivity index (χ1v) is 14.5. The number of nitrogens with one attached hydrogen (secondary N) is 1. The Bertz CT molecular complexity index is 1500. The molecule has 0 fully saturated rings. The van der Waals surface area contributed by atoms with Gasteiger partial charge in [0, 0.05) is 11.4 Å². The minimum absolute atomic E-state index is 0.141. The second-order valence-electron chi connectivity index (χ2n) is 8.96. The molecule has 1 aromatic heterocycles. The number of anilines is 1. The normalized spacial score (nSPS) is 12.3. The molecule has 3 aromatic carbocycles. The fourth-order valence-corrected chi connectivity index (χ4v) is 6.07. The fourth-order valence-electron chi connectivity index (χ4n) is 3.84. The molecule has 1 heterocycles. The zero-order chi connectivity index (χ0) is 26.6. The number of hydrogen-bond acceptors (Lipinski definition) is 6. The lowest BCUT2D eigenvalue weighted by Gasteiger charge is -2.17. The quantitative estimate of drug-likeness (QED) is 0.278. The molecule has 0 bridgehead atoms. The summed E-state index contributed by atoms with van der Waals surface area (Å²) in [6.07, 6.45) is 0.556. The minimum Gasteiger partial charge on any atom is -0.325 e. The molecule has 192 valence electrons. The summed E-state index contributed by atoms with van der Waals surface area (Å²) >= 11 is 1.27. The van der Waals surface area contributed by atoms with E-state index < -0.39 is 15.1 Å². The van der Waals surface area contributed by atoms with Crippen molar-refractivity contribution in [1.82, 2.24) is 14.8 Å². The number of nitrogens with zero attached hydrogens (tertiary/aromatic N) is 3. The van der Waals surface area contributed by atoms with Crippen molar-refractivity contribution in [1.29, 1.82) is 0 Å². The number of sulfone groups is 1. The molecule has 0 spiro atoms. The Morgan fingerprint density at radius 1 is 0.946 bits per heavy atom. The first-order valence-electron chi connectivity index (χ1n) is 12.0. The number of aromatic nitrogens is 3. The van der Waals surface area contributed by atoms with Crippen LogP contribution in [0.1, 0.15) is 35.9 Å². The predicted octanol–water partition coefficient (Wildman–Crippen LogP) is 5.68. The number of benzene rings is 3. The molecule has 1 amide bonds. The van der Waals surface area contributed by atoms with Gasteiger partial charge in [-0.15, -0.1) is 10.2 Å². The minimum atomic E-state index is -3.66. The van der Waals surface area contributed by atoms with E-state index in [0.29, 0.717) is 17.4 Å². The molecule has 0 aliphatic rings. The van der Waals surface area contributed by atoms with Crippen molar-refractivity contribution in [3.63, 3.8) is 0 Å². The molecule has 4 rings (SSSR count). The van der Waals surface area contributed by atoms with E-state index in [1.165, 1.54) is 11.8 Å². The lowest BCUT2D eigenvalue weighted by molar-refractivity contribution is -0.115. The summed E-state index contributed by atoms with van der Waals surface area (Å²) in [5, 5.41) is 11.6. The number of amides is 1. The van der Waals surface area contributed by atoms with Crippen molar-refractivity contribution in [2.75, 3.05) is 5.32 Å². The molecule has 0 aliphatic carbocycles. The Balaban J connectivity index is 1.65. The summed E-state index contributed by atoms with van der Waals surface area (Å²) in [4.78, 5) is 13.5. The van der Waals surface area contributed by atoms with Crippen molar-refractivity contribution in [2.24, 2.45) is 0 Å². The van der Waals surface area contributed by atoms with Crippen LogP contribution >= 0.6 is 11.8 Å². The van der Waals surface area contributed by atoms with E-state index >= 15 is 0 Å². The summed E-state index contributed by atoms with van der Waals surface area (Å²) in [5.41, 5.74) is 4.53. The summed E-state index contributed by atoms with van der Waals surface area (Å²) in [7, 11) is -3.66. The highest BCUT2D eigenvalue weighted by molar-refractivity contribution is 8.00. The fraction of sp³-hybridized carbons (Fsp3) is 0.250. The van der Waals surface area contributed by atoms with Gasteiger partial charge in [0.25, 0.3) is 0 Å². The maximum atomic E-state index is 13.2. The third-order valence-corrected chi connectivity index (χ3v) is 8.91. The standard InChI is InChI=1S/C28H30N4O3S2/c1-5-25(27(33)29-24-17-20(3)11-14-21(24)4)36-28-31-30-26(32(28)22-9-7-6-8-10-22)18-37(34,35)23-15-12-19(2)13-16-23/h6-17,25H,5,18H2,1-4H3,(H,29,33). The van der Waals surface area contributed by atoms with E-state index in [9.17, 15) is 13.2 Å². The van der Waals surface area contributed by atoms with E-state index in [4.69, 9.17) is 0 Å². The highest BCUT2D eigenvalue weighted by Gasteiger charge is 2.26. The van der Waals surface area contributed by atoms with Gasteiger partial charge < -0.3 is 5.32 Å². The Hall–Kier alpha value is -3.43. The van der Waals surface area contributed by atoms with E-state index in [2.05, 4.69) is 15.5 Å². The number of carbonyl (C=O) groups excluding carboxylic acids is 1. The molecule has 7 nitrogen and oxygen atoms in total. The van der Waals surface area contributed by atoms with Crippen LogP contribution in [-0.2, 0) is 20.4 Å². The molecule has 1 atom stereocenters. The van der Waals surface area contributed by atoms with Crippen molar-refractivity contribution in [2.45, 2.75) is 55.2 Å². The van der Waals surface area contributed by atoms with Crippen molar-refractivity contribution < 1.29 is 13.2 Å². The molecule has 0 aliphatic heterocycles. The summed E-state index contributed by atoms with van der Waals surface area (Å²) < 4.78 is 28.1. The van der Waals surface area contributed by atoms with Crippen LogP contribution in [-0.4, -0.2) is 34.3 Å². The third kappa shape index (κ3) is 6.29. The van der Waals surface area contributed by atoms with Crippen LogP contribution < -0.4 is 5.32 Å². The summed E-state index contributed by atoms with van der Waals surface area (Å²) in [6.45, 7) is 7.78. The van der Waals surface area contributed by atoms with Gasteiger partial charge in [-0.2, -0.15) is 0 Å². The zero-order valence-corrected chi connectivity index (χ0v) is 22.9. The topological polar surface area (TPSA) is 93.9 Å². The highest BCUT2D eigenvalue weighted by atomic mass is 32.2. The van der Waals surface area contributed by atoms with Crippen LogP contribution in [0.5, 0.6) is 0 Å². The molecule has 1 unspecified atom stereocenters. The largest absolute Gasteiger partial charge is 0.325 e. The van der Waals surface area contributed by atoms with E-state index in [0.717, 1.165) is 28.1 Å². The smallest absolute Gasteiger partial charge is 0.237 e. The lowest BCUT2D eigenvalue weighted by Crippen LogP contribution is -2.25. The molecule has 1 N–H and O–H groups in total. The maximum Gasteiger partial charge on any atom is 0.237 e. The van der Waals surface area contributed by atoms with Crippen molar-refractivity contribution in [3.05, 3.63) is 95.3 Å². The molecule has 4 aromatic rings. The molecule has 37 heavy (non-hydrogen) atoms. The van der Waals surface area contributed by atoms with Crippen LogP contribution in [0.2, 0.25) is 0 Å². The third-order valence-electron chi connectivity index (χ3n) is 5.98. The average molecular weight is 535 g/mol. The summed E-state index contributed by atoms with van der Waals surface area (Å²) in [5.74, 6) is -0.166. The predicted molar refractivity (Wildman–Crippen MR) is 148 cm³/mol. The van der Waals surface area contributed by atoms with Crippen molar-refractivity contribution >= 4 is 33.2 Å². The lowest BCUT2D eigenvalue weighted by atomic mass is 10.1. The van der Waals surface area contributed by atoms with E-state index in [1.54, 1.807) is 28.8 Å². The average Bonchev–Trinajstić information content (AvgIpc) is 3.26. The van der Waals surface area contributed by atoms with Gasteiger partial charge >= 0.3 is 0 Å². The molecular weight excluding hydrogens is 504 g/mol. The van der Waals surface area contributed by atoms with Crippen LogP contribution in [0.4, 0.5) is 5.69 Å². The van der Waals surface area contributed by atoms with Gasteiger partial charge in [-0.05, 0) is 68.7 Å². The van der Waals surface area contributed by atoms with Crippen molar-refractivity contribution in [3.8, 4) is 5.69 Å². The molecule has 0 radical (unpaired) electrons. The SMILES string of the molecule is CCC(Sc1nnc(CS(=O)(=O)c2ccc(C)cc2)n1-c1ccccc1)C(=O)Nc1cc(C)ccc1C. The number of rotatable bonds is 9. The van der Waals surface area contributed by atoms with Gasteiger partial charge in [0.1, 0.15) is 5.75 Å². The van der Waals surface area contributed by atoms with Gasteiger partial charge in [-0.1, -0.05) is 66.7 Å².